The summed E-state index contributed by atoms with van der Waals surface area (Å²) in [6.07, 6.45) is 1.96. The summed E-state index contributed by atoms with van der Waals surface area (Å²) < 4.78 is 0. The van der Waals surface area contributed by atoms with Crippen LogP contribution in [-0.4, -0.2) is 5.91 Å². The molecular formula is C19H13NO. The molecule has 2 heteroatoms. The summed E-state index contributed by atoms with van der Waals surface area (Å²) in [6.45, 7) is 0. The minimum absolute atomic E-state index is 0.0352. The van der Waals surface area contributed by atoms with E-state index in [1.165, 1.54) is 11.1 Å². The molecular weight excluding hydrogens is 258 g/mol. The van der Waals surface area contributed by atoms with E-state index in [9.17, 15) is 4.79 Å². The van der Waals surface area contributed by atoms with Gasteiger partial charge in [0.15, 0.2) is 0 Å². The Morgan fingerprint density at radius 3 is 2.24 bits per heavy atom. The summed E-state index contributed by atoms with van der Waals surface area (Å²) in [5.41, 5.74) is 6.00. The van der Waals surface area contributed by atoms with Crippen molar-refractivity contribution in [2.45, 2.75) is 0 Å². The molecule has 0 saturated heterocycles. The fourth-order valence-corrected chi connectivity index (χ4v) is 2.77. The lowest BCUT2D eigenvalue weighted by atomic mass is 10.1. The molecule has 2 aliphatic carbocycles. The topological polar surface area (TPSA) is 29.1 Å². The molecule has 21 heavy (non-hydrogen) atoms. The molecule has 0 saturated carbocycles. The second-order valence-corrected chi connectivity index (χ2v) is 5.17. The van der Waals surface area contributed by atoms with Gasteiger partial charge in [0.25, 0.3) is 5.91 Å². The molecule has 0 bridgehead atoms. The lowest BCUT2D eigenvalue weighted by molar-refractivity contribution is -0.110. The molecule has 1 aromatic rings. The van der Waals surface area contributed by atoms with Crippen molar-refractivity contribution < 1.29 is 4.79 Å². The third kappa shape index (κ3) is 2.01. The minimum Gasteiger partial charge on any atom is -0.321 e. The van der Waals surface area contributed by atoms with E-state index in [0.717, 1.165) is 22.4 Å². The largest absolute Gasteiger partial charge is 0.321 e. The standard InChI is InChI=1S/C19H13NO/c21-19-17(16-8-4-5-9-18(16)20-19)12-13-10-14-6-2-1-3-7-15(14)11-13/h1-12H,(H,20,21). The second kappa shape index (κ2) is 4.60. The van der Waals surface area contributed by atoms with E-state index in [1.807, 2.05) is 48.5 Å². The molecule has 1 aliphatic heterocycles. The normalized spacial score (nSPS) is 15.2. The maximum absolute atomic E-state index is 12.1. The third-order valence-corrected chi connectivity index (χ3v) is 3.77. The van der Waals surface area contributed by atoms with E-state index in [4.69, 9.17) is 0 Å². The Morgan fingerprint density at radius 2 is 1.48 bits per heavy atom. The minimum atomic E-state index is -0.0352. The highest BCUT2D eigenvalue weighted by atomic mass is 16.2. The van der Waals surface area contributed by atoms with Crippen LogP contribution in [0, 0.1) is 0 Å². The number of rotatable bonds is 1. The zero-order valence-electron chi connectivity index (χ0n) is 11.3. The maximum atomic E-state index is 12.1. The van der Waals surface area contributed by atoms with Crippen molar-refractivity contribution in [1.82, 2.24) is 0 Å². The molecule has 3 aliphatic rings. The number of anilines is 1. The number of para-hydroxylation sites is 1. The highest BCUT2D eigenvalue weighted by molar-refractivity contribution is 6.34. The Kier molecular flexibility index (Phi) is 2.61. The number of benzene rings is 1. The molecule has 0 spiro atoms. The number of fused-ring (bicyclic) bond motifs is 2. The average molecular weight is 271 g/mol. The molecule has 0 atom stereocenters. The van der Waals surface area contributed by atoms with Gasteiger partial charge in [-0.25, -0.2) is 0 Å². The molecule has 1 N–H and O–H groups in total. The number of carbonyl (C=O) groups excluding carboxylic acids is 1. The zero-order valence-corrected chi connectivity index (χ0v) is 11.3. The van der Waals surface area contributed by atoms with Gasteiger partial charge >= 0.3 is 0 Å². The van der Waals surface area contributed by atoms with Crippen LogP contribution in [0.2, 0.25) is 0 Å². The van der Waals surface area contributed by atoms with E-state index in [-0.39, 0.29) is 5.91 Å². The van der Waals surface area contributed by atoms with Crippen LogP contribution in [0.4, 0.5) is 5.69 Å². The van der Waals surface area contributed by atoms with Crippen molar-refractivity contribution in [2.24, 2.45) is 0 Å². The zero-order chi connectivity index (χ0) is 14.2. The highest BCUT2D eigenvalue weighted by Crippen LogP contribution is 2.34. The molecule has 0 unspecified atom stereocenters. The average Bonchev–Trinajstić information content (AvgIpc) is 2.93. The Bertz CT molecular complexity index is 817. The molecule has 4 rings (SSSR count). The van der Waals surface area contributed by atoms with Crippen LogP contribution >= 0.6 is 0 Å². The molecule has 2 nitrogen and oxygen atoms in total. The first-order valence-corrected chi connectivity index (χ1v) is 6.92. The van der Waals surface area contributed by atoms with Crippen LogP contribution in [0.15, 0.2) is 66.7 Å². The van der Waals surface area contributed by atoms with E-state index < -0.39 is 0 Å². The monoisotopic (exact) mass is 271 g/mol. The third-order valence-electron chi connectivity index (χ3n) is 3.77. The molecule has 0 radical (unpaired) electrons. The first kappa shape index (κ1) is 11.9. The summed E-state index contributed by atoms with van der Waals surface area (Å²) in [7, 11) is 0. The van der Waals surface area contributed by atoms with Gasteiger partial charge in [0.2, 0.25) is 0 Å². The van der Waals surface area contributed by atoms with Crippen LogP contribution in [0.1, 0.15) is 11.1 Å². The Morgan fingerprint density at radius 1 is 0.810 bits per heavy atom. The highest BCUT2D eigenvalue weighted by Gasteiger charge is 2.23. The molecule has 1 amide bonds. The molecule has 100 valence electrons. The lowest BCUT2D eigenvalue weighted by Gasteiger charge is -1.96. The summed E-state index contributed by atoms with van der Waals surface area (Å²) in [5, 5.41) is 2.90. The number of hydrogen-bond acceptors (Lipinski definition) is 1. The van der Waals surface area contributed by atoms with Crippen molar-refractivity contribution >= 4 is 23.2 Å². The second-order valence-electron chi connectivity index (χ2n) is 5.17. The van der Waals surface area contributed by atoms with E-state index in [0.29, 0.717) is 0 Å². The number of carbonyl (C=O) groups is 1. The van der Waals surface area contributed by atoms with Crippen LogP contribution in [-0.2, 0) is 4.79 Å². The quantitative estimate of drug-likeness (QED) is 0.657. The van der Waals surface area contributed by atoms with Gasteiger partial charge in [-0.15, -0.1) is 0 Å². The van der Waals surface area contributed by atoms with Crippen LogP contribution < -0.4 is 5.32 Å². The van der Waals surface area contributed by atoms with Crippen LogP contribution in [0.5, 0.6) is 0 Å². The van der Waals surface area contributed by atoms with E-state index >= 15 is 0 Å². The van der Waals surface area contributed by atoms with E-state index in [2.05, 4.69) is 29.6 Å². The summed E-state index contributed by atoms with van der Waals surface area (Å²) in [4.78, 5) is 12.1. The number of nitrogens with one attached hydrogen (secondary N) is 1. The summed E-state index contributed by atoms with van der Waals surface area (Å²) in [5.74, 6) is -0.0352. The lowest BCUT2D eigenvalue weighted by Crippen LogP contribution is -2.03. The van der Waals surface area contributed by atoms with Gasteiger partial charge in [-0.1, -0.05) is 48.5 Å². The van der Waals surface area contributed by atoms with E-state index in [1.54, 1.807) is 0 Å². The smallest absolute Gasteiger partial charge is 0.256 e. The molecule has 0 aromatic heterocycles. The number of amides is 1. The summed E-state index contributed by atoms with van der Waals surface area (Å²) in [6, 6.07) is 22.2. The molecule has 1 aromatic carbocycles. The number of hydrogen-bond donors (Lipinski definition) is 1. The van der Waals surface area contributed by atoms with Gasteiger partial charge in [-0.05, 0) is 41.0 Å². The van der Waals surface area contributed by atoms with Crippen molar-refractivity contribution in [3.05, 3.63) is 77.9 Å². The fourth-order valence-electron chi connectivity index (χ4n) is 2.77. The summed E-state index contributed by atoms with van der Waals surface area (Å²) >= 11 is 0. The SMILES string of the molecule is O=C1Nc2ccccc2C1=Cc1cc2cccccc-2c1. The van der Waals surface area contributed by atoms with Crippen LogP contribution in [0.3, 0.4) is 0 Å². The maximum Gasteiger partial charge on any atom is 0.256 e. The Balaban J connectivity index is 1.84. The van der Waals surface area contributed by atoms with Gasteiger partial charge in [0.1, 0.15) is 0 Å². The van der Waals surface area contributed by atoms with Gasteiger partial charge in [0, 0.05) is 16.8 Å². The van der Waals surface area contributed by atoms with Gasteiger partial charge in [0.05, 0.1) is 0 Å². The predicted octanol–water partition coefficient (Wildman–Crippen LogP) is 4.28. The predicted molar refractivity (Wildman–Crippen MR) is 86.0 cm³/mol. The van der Waals surface area contributed by atoms with Gasteiger partial charge < -0.3 is 5.32 Å². The van der Waals surface area contributed by atoms with Gasteiger partial charge in [-0.2, -0.15) is 0 Å². The van der Waals surface area contributed by atoms with Crippen LogP contribution in [0.25, 0.3) is 22.8 Å². The van der Waals surface area contributed by atoms with Crippen molar-refractivity contribution in [2.75, 3.05) is 5.32 Å². The van der Waals surface area contributed by atoms with Gasteiger partial charge in [-0.3, -0.25) is 4.79 Å². The first-order chi connectivity index (χ1) is 10.3. The van der Waals surface area contributed by atoms with Crippen molar-refractivity contribution in [3.8, 4) is 11.1 Å². The molecule has 0 fully saturated rings. The molecule has 1 heterocycles. The van der Waals surface area contributed by atoms with Crippen molar-refractivity contribution in [3.63, 3.8) is 0 Å². The Hall–Kier alpha value is -2.87. The fraction of sp³-hybridized carbons (Fsp3) is 0. The van der Waals surface area contributed by atoms with Crippen molar-refractivity contribution in [1.29, 1.82) is 0 Å². The first-order valence-electron chi connectivity index (χ1n) is 6.92. The Labute approximate surface area is 123 Å².